The van der Waals surface area contributed by atoms with Crippen LogP contribution in [0.2, 0.25) is 0 Å². The Kier molecular flexibility index (Phi) is 4.81. The van der Waals surface area contributed by atoms with Crippen molar-refractivity contribution in [1.29, 1.82) is 0 Å². The molecule has 1 aromatic rings. The smallest absolute Gasteiger partial charge is 0.127 e. The fourth-order valence-electron chi connectivity index (χ4n) is 2.45. The van der Waals surface area contributed by atoms with Crippen LogP contribution in [0.15, 0.2) is 18.3 Å². The zero-order chi connectivity index (χ0) is 12.8. The summed E-state index contributed by atoms with van der Waals surface area (Å²) in [7, 11) is 0. The van der Waals surface area contributed by atoms with Gasteiger partial charge in [-0.2, -0.15) is 0 Å². The third-order valence-corrected chi connectivity index (χ3v) is 3.49. The molecular weight excluding hydrogens is 226 g/mol. The van der Waals surface area contributed by atoms with Crippen LogP contribution in [0.4, 0.5) is 11.5 Å². The molecule has 18 heavy (non-hydrogen) atoms. The molecule has 2 N–H and O–H groups in total. The topological polar surface area (TPSA) is 48.4 Å². The van der Waals surface area contributed by atoms with E-state index in [2.05, 4.69) is 34.3 Å². The molecule has 1 atom stereocenters. The third-order valence-electron chi connectivity index (χ3n) is 3.49. The van der Waals surface area contributed by atoms with Crippen molar-refractivity contribution in [3.63, 3.8) is 0 Å². The van der Waals surface area contributed by atoms with Gasteiger partial charge >= 0.3 is 0 Å². The van der Waals surface area contributed by atoms with Crippen LogP contribution < -0.4 is 10.2 Å². The summed E-state index contributed by atoms with van der Waals surface area (Å²) in [5.74, 6) is 1.59. The Morgan fingerprint density at radius 3 is 3.22 bits per heavy atom. The molecular formula is C14H23N3O. The van der Waals surface area contributed by atoms with E-state index in [1.54, 1.807) is 0 Å². The van der Waals surface area contributed by atoms with E-state index in [0.29, 0.717) is 12.5 Å². The molecule has 0 amide bonds. The predicted molar refractivity (Wildman–Crippen MR) is 75.0 cm³/mol. The zero-order valence-corrected chi connectivity index (χ0v) is 11.1. The van der Waals surface area contributed by atoms with Crippen LogP contribution in [0.3, 0.4) is 0 Å². The lowest BCUT2D eigenvalue weighted by Crippen LogP contribution is -2.20. The Morgan fingerprint density at radius 2 is 2.44 bits per heavy atom. The zero-order valence-electron chi connectivity index (χ0n) is 11.1. The van der Waals surface area contributed by atoms with Gasteiger partial charge in [0.05, 0.1) is 0 Å². The molecule has 1 aromatic heterocycles. The number of hydrogen-bond donors (Lipinski definition) is 2. The van der Waals surface area contributed by atoms with E-state index in [1.165, 1.54) is 12.1 Å². The quantitative estimate of drug-likeness (QED) is 0.810. The average Bonchev–Trinajstić information content (AvgIpc) is 2.86. The molecule has 1 unspecified atom stereocenters. The number of pyridine rings is 1. The Labute approximate surface area is 109 Å². The number of nitrogens with zero attached hydrogens (tertiary/aromatic N) is 2. The lowest BCUT2D eigenvalue weighted by Gasteiger charge is -2.19. The van der Waals surface area contributed by atoms with Crippen molar-refractivity contribution in [2.75, 3.05) is 36.5 Å². The third kappa shape index (κ3) is 3.35. The molecule has 4 nitrogen and oxygen atoms in total. The van der Waals surface area contributed by atoms with Crippen molar-refractivity contribution in [1.82, 2.24) is 4.98 Å². The van der Waals surface area contributed by atoms with Crippen molar-refractivity contribution in [3.05, 3.63) is 18.3 Å². The summed E-state index contributed by atoms with van der Waals surface area (Å²) in [4.78, 5) is 6.71. The minimum absolute atomic E-state index is 0.304. The van der Waals surface area contributed by atoms with Gasteiger partial charge in [0.15, 0.2) is 0 Å². The Hall–Kier alpha value is -1.29. The first-order valence-corrected chi connectivity index (χ1v) is 6.89. The van der Waals surface area contributed by atoms with E-state index in [1.807, 2.05) is 6.20 Å². The molecule has 4 heteroatoms. The maximum absolute atomic E-state index is 8.99. The largest absolute Gasteiger partial charge is 0.396 e. The van der Waals surface area contributed by atoms with Gasteiger partial charge in [0.2, 0.25) is 0 Å². The molecule has 0 saturated carbocycles. The lowest BCUT2D eigenvalue weighted by atomic mass is 10.1. The minimum Gasteiger partial charge on any atom is -0.396 e. The van der Waals surface area contributed by atoms with Crippen LogP contribution in [0, 0.1) is 5.92 Å². The summed E-state index contributed by atoms with van der Waals surface area (Å²) in [6.07, 6.45) is 5.07. The van der Waals surface area contributed by atoms with Crippen LogP contribution >= 0.6 is 0 Å². The highest BCUT2D eigenvalue weighted by atomic mass is 16.3. The molecule has 0 aliphatic carbocycles. The second-order valence-electron chi connectivity index (χ2n) is 4.94. The van der Waals surface area contributed by atoms with Gasteiger partial charge in [0.1, 0.15) is 5.82 Å². The first-order chi connectivity index (χ1) is 8.83. The van der Waals surface area contributed by atoms with E-state index in [4.69, 9.17) is 5.11 Å². The highest BCUT2D eigenvalue weighted by Gasteiger charge is 2.22. The molecule has 0 spiro atoms. The number of hydrogen-bond acceptors (Lipinski definition) is 4. The summed E-state index contributed by atoms with van der Waals surface area (Å²) in [5, 5.41) is 12.3. The van der Waals surface area contributed by atoms with E-state index in [-0.39, 0.29) is 0 Å². The molecule has 1 saturated heterocycles. The fourth-order valence-corrected chi connectivity index (χ4v) is 2.45. The molecule has 2 rings (SSSR count). The monoisotopic (exact) mass is 249 g/mol. The maximum Gasteiger partial charge on any atom is 0.127 e. The van der Waals surface area contributed by atoms with Gasteiger partial charge in [-0.3, -0.25) is 0 Å². The number of nitrogens with one attached hydrogen (secondary N) is 1. The van der Waals surface area contributed by atoms with Gasteiger partial charge in [0, 0.05) is 44.2 Å². The van der Waals surface area contributed by atoms with Crippen molar-refractivity contribution in [3.8, 4) is 0 Å². The second kappa shape index (κ2) is 6.59. The molecule has 1 aliphatic rings. The van der Waals surface area contributed by atoms with Crippen LogP contribution in [0.25, 0.3) is 0 Å². The maximum atomic E-state index is 8.99. The first kappa shape index (κ1) is 13.1. The van der Waals surface area contributed by atoms with E-state index in [9.17, 15) is 0 Å². The van der Waals surface area contributed by atoms with Gasteiger partial charge in [-0.1, -0.05) is 6.92 Å². The Bertz CT molecular complexity index is 370. The van der Waals surface area contributed by atoms with Crippen LogP contribution in [0.1, 0.15) is 26.2 Å². The summed E-state index contributed by atoms with van der Waals surface area (Å²) < 4.78 is 0. The highest BCUT2D eigenvalue weighted by Crippen LogP contribution is 2.26. The normalized spacial score (nSPS) is 19.2. The van der Waals surface area contributed by atoms with Crippen molar-refractivity contribution in [2.45, 2.75) is 26.2 Å². The standard InChI is InChI=1S/C14H23N3O/c1-2-6-15-14-10-13(3-7-16-14)17-8-4-12(11-17)5-9-18/h3,7,10,12,18H,2,4-6,8-9,11H2,1H3,(H,15,16). The van der Waals surface area contributed by atoms with Crippen molar-refractivity contribution in [2.24, 2.45) is 5.92 Å². The van der Waals surface area contributed by atoms with Gasteiger partial charge in [-0.05, 0) is 31.2 Å². The van der Waals surface area contributed by atoms with Crippen molar-refractivity contribution >= 4 is 11.5 Å². The highest BCUT2D eigenvalue weighted by molar-refractivity contribution is 5.54. The predicted octanol–water partition coefficient (Wildman–Crippen LogP) is 2.11. The Morgan fingerprint density at radius 1 is 1.56 bits per heavy atom. The Balaban J connectivity index is 1.96. The van der Waals surface area contributed by atoms with Crippen LogP contribution in [-0.2, 0) is 0 Å². The average molecular weight is 249 g/mol. The lowest BCUT2D eigenvalue weighted by molar-refractivity contribution is 0.263. The molecule has 100 valence electrons. The molecule has 2 heterocycles. The minimum atomic E-state index is 0.304. The fraction of sp³-hybridized carbons (Fsp3) is 0.643. The molecule has 0 aromatic carbocycles. The summed E-state index contributed by atoms with van der Waals surface area (Å²) >= 11 is 0. The first-order valence-electron chi connectivity index (χ1n) is 6.89. The van der Waals surface area contributed by atoms with E-state index >= 15 is 0 Å². The molecule has 1 fully saturated rings. The second-order valence-corrected chi connectivity index (χ2v) is 4.94. The van der Waals surface area contributed by atoms with E-state index in [0.717, 1.165) is 38.3 Å². The SMILES string of the molecule is CCCNc1cc(N2CCC(CCO)C2)ccn1. The summed E-state index contributed by atoms with van der Waals surface area (Å²) in [6.45, 7) is 5.55. The number of aromatic nitrogens is 1. The van der Waals surface area contributed by atoms with Gasteiger partial charge in [0.25, 0.3) is 0 Å². The van der Waals surface area contributed by atoms with Gasteiger partial charge < -0.3 is 15.3 Å². The summed E-state index contributed by atoms with van der Waals surface area (Å²) in [5.41, 5.74) is 1.24. The number of anilines is 2. The number of aliphatic hydroxyl groups excluding tert-OH is 1. The molecule has 0 radical (unpaired) electrons. The summed E-state index contributed by atoms with van der Waals surface area (Å²) in [6, 6.07) is 4.19. The van der Waals surface area contributed by atoms with Crippen LogP contribution in [-0.4, -0.2) is 36.3 Å². The van der Waals surface area contributed by atoms with Gasteiger partial charge in [-0.15, -0.1) is 0 Å². The van der Waals surface area contributed by atoms with Crippen molar-refractivity contribution < 1.29 is 5.11 Å². The molecule has 1 aliphatic heterocycles. The van der Waals surface area contributed by atoms with Gasteiger partial charge in [-0.25, -0.2) is 4.98 Å². The molecule has 0 bridgehead atoms. The number of aliphatic hydroxyl groups is 1. The van der Waals surface area contributed by atoms with Crippen LogP contribution in [0.5, 0.6) is 0 Å². The number of rotatable bonds is 6. The van der Waals surface area contributed by atoms with E-state index < -0.39 is 0 Å².